The first-order valence-corrected chi connectivity index (χ1v) is 8.64. The molecule has 0 aliphatic carbocycles. The second kappa shape index (κ2) is 7.28. The highest BCUT2D eigenvalue weighted by molar-refractivity contribution is 5.83. The minimum Gasteiger partial charge on any atom is -0.491 e. The van der Waals surface area contributed by atoms with Gasteiger partial charge in [-0.2, -0.15) is 0 Å². The lowest BCUT2D eigenvalue weighted by Crippen LogP contribution is -2.24. The zero-order valence-corrected chi connectivity index (χ0v) is 15.0. The molecule has 4 heteroatoms. The number of aldehydes is 1. The lowest BCUT2D eigenvalue weighted by molar-refractivity contribution is 0.110. The molecule has 0 aromatic heterocycles. The minimum atomic E-state index is -0.249. The molecule has 0 radical (unpaired) electrons. The number of hydrogen-bond acceptors (Lipinski definition) is 4. The van der Waals surface area contributed by atoms with Gasteiger partial charge in [0.15, 0.2) is 0 Å². The van der Waals surface area contributed by atoms with Gasteiger partial charge in [-0.3, -0.25) is 4.79 Å². The third-order valence-corrected chi connectivity index (χ3v) is 4.18. The molecule has 0 bridgehead atoms. The molecule has 2 aromatic carbocycles. The number of fused-ring (bicyclic) bond motifs is 1. The molecule has 0 amide bonds. The van der Waals surface area contributed by atoms with Crippen molar-refractivity contribution in [2.75, 3.05) is 19.8 Å². The van der Waals surface area contributed by atoms with Crippen LogP contribution in [-0.2, 0) is 11.2 Å². The van der Waals surface area contributed by atoms with Crippen molar-refractivity contribution in [1.29, 1.82) is 0 Å². The number of carbonyl (C=O) groups is 1. The average Bonchev–Trinajstić information content (AvgIpc) is 2.92. The standard InChI is InChI=1S/C21H24O4/c1-4-23-9-10-24-18-7-5-16(6-8-18)19-12-15(14-22)11-17-13-21(2,3)25-20(17)19/h5-8,11-12,14H,4,9-10,13H2,1-3H3. The van der Waals surface area contributed by atoms with Crippen molar-refractivity contribution in [3.8, 4) is 22.6 Å². The summed E-state index contributed by atoms with van der Waals surface area (Å²) in [6.45, 7) is 7.89. The summed E-state index contributed by atoms with van der Waals surface area (Å²) in [7, 11) is 0. The van der Waals surface area contributed by atoms with Crippen LogP contribution in [0.3, 0.4) is 0 Å². The Morgan fingerprint density at radius 1 is 1.16 bits per heavy atom. The molecule has 0 atom stereocenters. The van der Waals surface area contributed by atoms with Crippen LogP contribution in [0.1, 0.15) is 36.7 Å². The Morgan fingerprint density at radius 2 is 1.92 bits per heavy atom. The maximum absolute atomic E-state index is 11.3. The molecule has 0 unspecified atom stereocenters. The first kappa shape index (κ1) is 17.5. The van der Waals surface area contributed by atoms with Gasteiger partial charge in [0.1, 0.15) is 30.0 Å². The van der Waals surface area contributed by atoms with Crippen molar-refractivity contribution in [3.05, 3.63) is 47.5 Å². The number of carbonyl (C=O) groups excluding carboxylic acids is 1. The van der Waals surface area contributed by atoms with Gasteiger partial charge in [0.25, 0.3) is 0 Å². The molecule has 1 aliphatic heterocycles. The molecule has 132 valence electrons. The third-order valence-electron chi connectivity index (χ3n) is 4.18. The summed E-state index contributed by atoms with van der Waals surface area (Å²) in [5.74, 6) is 1.67. The van der Waals surface area contributed by atoms with Crippen LogP contribution in [0.15, 0.2) is 36.4 Å². The summed E-state index contributed by atoms with van der Waals surface area (Å²) in [6, 6.07) is 11.7. The van der Waals surface area contributed by atoms with Gasteiger partial charge < -0.3 is 14.2 Å². The summed E-state index contributed by atoms with van der Waals surface area (Å²) in [6.07, 6.45) is 1.69. The third kappa shape index (κ3) is 4.02. The Labute approximate surface area is 148 Å². The molecular formula is C21H24O4. The molecule has 0 spiro atoms. The fourth-order valence-corrected chi connectivity index (χ4v) is 3.11. The van der Waals surface area contributed by atoms with E-state index in [2.05, 4.69) is 13.8 Å². The smallest absolute Gasteiger partial charge is 0.150 e. The Hall–Kier alpha value is -2.33. The van der Waals surface area contributed by atoms with Crippen LogP contribution in [0.2, 0.25) is 0 Å². The number of rotatable bonds is 7. The molecule has 0 saturated heterocycles. The van der Waals surface area contributed by atoms with Crippen molar-refractivity contribution < 1.29 is 19.0 Å². The van der Waals surface area contributed by atoms with Gasteiger partial charge in [0.05, 0.1) is 6.61 Å². The van der Waals surface area contributed by atoms with Crippen molar-refractivity contribution in [2.24, 2.45) is 0 Å². The molecule has 1 heterocycles. The van der Waals surface area contributed by atoms with Gasteiger partial charge in [0.2, 0.25) is 0 Å². The molecule has 0 fully saturated rings. The van der Waals surface area contributed by atoms with E-state index in [9.17, 15) is 4.79 Å². The van der Waals surface area contributed by atoms with Crippen LogP contribution >= 0.6 is 0 Å². The molecule has 1 aliphatic rings. The van der Waals surface area contributed by atoms with E-state index in [0.717, 1.165) is 40.9 Å². The fraction of sp³-hybridized carbons (Fsp3) is 0.381. The van der Waals surface area contributed by atoms with Crippen LogP contribution in [0, 0.1) is 0 Å². The quantitative estimate of drug-likeness (QED) is 0.557. The van der Waals surface area contributed by atoms with E-state index in [0.29, 0.717) is 25.4 Å². The monoisotopic (exact) mass is 340 g/mol. The Balaban J connectivity index is 1.85. The minimum absolute atomic E-state index is 0.249. The largest absolute Gasteiger partial charge is 0.491 e. The number of hydrogen-bond donors (Lipinski definition) is 0. The topological polar surface area (TPSA) is 44.8 Å². The van der Waals surface area contributed by atoms with E-state index in [4.69, 9.17) is 14.2 Å². The predicted octanol–water partition coefficient (Wildman–Crippen LogP) is 4.29. The van der Waals surface area contributed by atoms with Crippen molar-refractivity contribution in [1.82, 2.24) is 0 Å². The summed E-state index contributed by atoms with van der Waals surface area (Å²) in [4.78, 5) is 11.3. The zero-order valence-electron chi connectivity index (χ0n) is 15.0. The van der Waals surface area contributed by atoms with Gasteiger partial charge in [-0.05, 0) is 56.2 Å². The fourth-order valence-electron chi connectivity index (χ4n) is 3.11. The first-order valence-electron chi connectivity index (χ1n) is 8.64. The Bertz CT molecular complexity index is 747. The second-order valence-electron chi connectivity index (χ2n) is 6.78. The van der Waals surface area contributed by atoms with Crippen molar-refractivity contribution >= 4 is 6.29 Å². The molecule has 0 saturated carbocycles. The Kier molecular flexibility index (Phi) is 5.09. The molecule has 2 aromatic rings. The highest BCUT2D eigenvalue weighted by atomic mass is 16.5. The van der Waals surface area contributed by atoms with Gasteiger partial charge in [-0.1, -0.05) is 12.1 Å². The maximum Gasteiger partial charge on any atom is 0.150 e. The molecular weight excluding hydrogens is 316 g/mol. The number of benzene rings is 2. The second-order valence-corrected chi connectivity index (χ2v) is 6.78. The highest BCUT2D eigenvalue weighted by Gasteiger charge is 2.32. The summed E-state index contributed by atoms with van der Waals surface area (Å²) in [5.41, 5.74) is 3.47. The van der Waals surface area contributed by atoms with Crippen molar-refractivity contribution in [3.63, 3.8) is 0 Å². The highest BCUT2D eigenvalue weighted by Crippen LogP contribution is 2.43. The van der Waals surface area contributed by atoms with Crippen LogP contribution in [0.4, 0.5) is 0 Å². The van der Waals surface area contributed by atoms with Gasteiger partial charge in [0, 0.05) is 24.2 Å². The summed E-state index contributed by atoms with van der Waals surface area (Å²) >= 11 is 0. The summed E-state index contributed by atoms with van der Waals surface area (Å²) < 4.78 is 17.1. The van der Waals surface area contributed by atoms with Crippen LogP contribution in [-0.4, -0.2) is 31.7 Å². The first-order chi connectivity index (χ1) is 12.0. The Morgan fingerprint density at radius 3 is 2.60 bits per heavy atom. The lowest BCUT2D eigenvalue weighted by Gasteiger charge is -2.18. The molecule has 0 N–H and O–H groups in total. The van der Waals surface area contributed by atoms with Gasteiger partial charge >= 0.3 is 0 Å². The predicted molar refractivity (Wildman–Crippen MR) is 97.7 cm³/mol. The number of ether oxygens (including phenoxy) is 3. The van der Waals surface area contributed by atoms with E-state index in [1.165, 1.54) is 0 Å². The van der Waals surface area contributed by atoms with E-state index in [1.54, 1.807) is 0 Å². The molecule has 3 rings (SSSR count). The van der Waals surface area contributed by atoms with Crippen LogP contribution < -0.4 is 9.47 Å². The van der Waals surface area contributed by atoms with Gasteiger partial charge in [-0.15, -0.1) is 0 Å². The van der Waals surface area contributed by atoms with Gasteiger partial charge in [-0.25, -0.2) is 0 Å². The normalized spacial score (nSPS) is 14.7. The van der Waals surface area contributed by atoms with Crippen LogP contribution in [0.5, 0.6) is 11.5 Å². The maximum atomic E-state index is 11.3. The van der Waals surface area contributed by atoms with Crippen LogP contribution in [0.25, 0.3) is 11.1 Å². The SMILES string of the molecule is CCOCCOc1ccc(-c2cc(C=O)cc3c2OC(C)(C)C3)cc1. The van der Waals surface area contributed by atoms with E-state index in [1.807, 2.05) is 43.3 Å². The van der Waals surface area contributed by atoms with E-state index < -0.39 is 0 Å². The van der Waals surface area contributed by atoms with E-state index >= 15 is 0 Å². The summed E-state index contributed by atoms with van der Waals surface area (Å²) in [5, 5.41) is 0. The molecule has 4 nitrogen and oxygen atoms in total. The molecule has 25 heavy (non-hydrogen) atoms. The lowest BCUT2D eigenvalue weighted by atomic mass is 9.95. The van der Waals surface area contributed by atoms with E-state index in [-0.39, 0.29) is 5.60 Å². The average molecular weight is 340 g/mol. The van der Waals surface area contributed by atoms with Crippen molar-refractivity contribution in [2.45, 2.75) is 32.8 Å². The zero-order chi connectivity index (χ0) is 17.9.